The molecule has 2 heterocycles. The van der Waals surface area contributed by atoms with E-state index in [0.29, 0.717) is 0 Å². The minimum atomic E-state index is -0.225. The highest BCUT2D eigenvalue weighted by Crippen LogP contribution is 2.25. The molecule has 82 valence electrons. The highest BCUT2D eigenvalue weighted by atomic mass is 16.6. The number of carbonyl (C=O) groups is 1. The number of hydrogen-bond donors (Lipinski definition) is 0. The number of ether oxygens (including phenoxy) is 1. The molecule has 0 radical (unpaired) electrons. The van der Waals surface area contributed by atoms with Gasteiger partial charge in [0.1, 0.15) is 0 Å². The molecular weight excluding hydrogens is 192 g/mol. The number of carbonyl (C=O) groups excluding carboxylic acids is 1. The molecule has 0 aromatic heterocycles. The number of hydrogen-bond acceptors (Lipinski definition) is 3. The molecule has 0 aliphatic carbocycles. The molecule has 0 saturated carbocycles. The molecule has 1 fully saturated rings. The Balaban J connectivity index is 2.14. The van der Waals surface area contributed by atoms with E-state index in [1.807, 2.05) is 26.8 Å². The zero-order valence-electron chi connectivity index (χ0n) is 9.30. The molecule has 2 aliphatic heterocycles. The lowest BCUT2D eigenvalue weighted by molar-refractivity contribution is 0.144. The van der Waals surface area contributed by atoms with E-state index >= 15 is 0 Å². The average molecular weight is 208 g/mol. The molecule has 2 rings (SSSR count). The first-order chi connectivity index (χ1) is 7.11. The Hall–Kier alpha value is -1.32. The lowest BCUT2D eigenvalue weighted by Crippen LogP contribution is -2.41. The van der Waals surface area contributed by atoms with Gasteiger partial charge in [0, 0.05) is 18.7 Å². The number of allylic oxidation sites excluding steroid dienone is 1. The van der Waals surface area contributed by atoms with Crippen LogP contribution >= 0.6 is 0 Å². The summed E-state index contributed by atoms with van der Waals surface area (Å²) in [6.45, 7) is 6.00. The fourth-order valence-corrected chi connectivity index (χ4v) is 2.17. The SMILES string of the molecule is CC(C)N1C(=O)O[C@H](C2=NC=CC2)[C@@H]1C. The number of nitrogens with zero attached hydrogens (tertiary/aromatic N) is 2. The van der Waals surface area contributed by atoms with E-state index in [9.17, 15) is 4.79 Å². The molecule has 4 nitrogen and oxygen atoms in total. The van der Waals surface area contributed by atoms with Crippen molar-refractivity contribution in [3.63, 3.8) is 0 Å². The van der Waals surface area contributed by atoms with Gasteiger partial charge in [0.2, 0.25) is 0 Å². The lowest BCUT2D eigenvalue weighted by Gasteiger charge is -2.24. The Morgan fingerprint density at radius 2 is 2.33 bits per heavy atom. The van der Waals surface area contributed by atoms with E-state index < -0.39 is 0 Å². The summed E-state index contributed by atoms with van der Waals surface area (Å²) in [5.41, 5.74) is 0.957. The Bertz CT molecular complexity index is 333. The molecule has 2 aliphatic rings. The van der Waals surface area contributed by atoms with Crippen LogP contribution in [0.25, 0.3) is 0 Å². The van der Waals surface area contributed by atoms with Crippen LogP contribution in [0, 0.1) is 0 Å². The molecule has 0 aromatic rings. The maximum absolute atomic E-state index is 11.6. The van der Waals surface area contributed by atoms with Crippen LogP contribution in [0.5, 0.6) is 0 Å². The molecule has 1 amide bonds. The monoisotopic (exact) mass is 208 g/mol. The van der Waals surface area contributed by atoms with Crippen molar-refractivity contribution >= 4 is 11.8 Å². The smallest absolute Gasteiger partial charge is 0.411 e. The summed E-state index contributed by atoms with van der Waals surface area (Å²) in [6.07, 6.45) is 4.16. The van der Waals surface area contributed by atoms with Gasteiger partial charge >= 0.3 is 6.09 Å². The Morgan fingerprint density at radius 3 is 2.80 bits per heavy atom. The van der Waals surface area contributed by atoms with Gasteiger partial charge in [0.05, 0.1) is 11.8 Å². The first-order valence-electron chi connectivity index (χ1n) is 5.31. The van der Waals surface area contributed by atoms with Crippen molar-refractivity contribution in [2.75, 3.05) is 0 Å². The molecule has 2 atom stereocenters. The van der Waals surface area contributed by atoms with Crippen LogP contribution in [0.4, 0.5) is 4.79 Å². The molecule has 1 saturated heterocycles. The van der Waals surface area contributed by atoms with E-state index in [1.165, 1.54) is 0 Å². The van der Waals surface area contributed by atoms with Crippen LogP contribution in [0.2, 0.25) is 0 Å². The maximum atomic E-state index is 11.6. The number of rotatable bonds is 2. The predicted octanol–water partition coefficient (Wildman–Crippen LogP) is 1.96. The summed E-state index contributed by atoms with van der Waals surface area (Å²) in [7, 11) is 0. The second-order valence-electron chi connectivity index (χ2n) is 4.26. The molecule has 0 spiro atoms. The lowest BCUT2D eigenvalue weighted by atomic mass is 10.1. The third-order valence-corrected chi connectivity index (χ3v) is 2.87. The van der Waals surface area contributed by atoms with Crippen molar-refractivity contribution in [3.05, 3.63) is 12.3 Å². The van der Waals surface area contributed by atoms with Crippen LogP contribution in [0.3, 0.4) is 0 Å². The van der Waals surface area contributed by atoms with Gasteiger partial charge in [-0.2, -0.15) is 0 Å². The molecule has 4 heteroatoms. The minimum absolute atomic E-state index is 0.0798. The fourth-order valence-electron chi connectivity index (χ4n) is 2.17. The normalized spacial score (nSPS) is 30.0. The fraction of sp³-hybridized carbons (Fsp3) is 0.636. The highest BCUT2D eigenvalue weighted by molar-refractivity contribution is 5.95. The van der Waals surface area contributed by atoms with Crippen molar-refractivity contribution in [1.29, 1.82) is 0 Å². The van der Waals surface area contributed by atoms with Gasteiger partial charge in [-0.25, -0.2) is 4.79 Å². The van der Waals surface area contributed by atoms with Gasteiger partial charge < -0.3 is 4.74 Å². The van der Waals surface area contributed by atoms with Crippen LogP contribution in [-0.4, -0.2) is 34.9 Å². The molecular formula is C11H16N2O2. The van der Waals surface area contributed by atoms with Crippen LogP contribution < -0.4 is 0 Å². The molecule has 0 unspecified atom stereocenters. The third kappa shape index (κ3) is 1.64. The van der Waals surface area contributed by atoms with E-state index in [-0.39, 0.29) is 24.3 Å². The van der Waals surface area contributed by atoms with Gasteiger partial charge in [0.25, 0.3) is 0 Å². The molecule has 0 bridgehead atoms. The van der Waals surface area contributed by atoms with E-state index in [0.717, 1.165) is 12.1 Å². The molecule has 0 aromatic carbocycles. The molecule has 15 heavy (non-hydrogen) atoms. The van der Waals surface area contributed by atoms with E-state index in [4.69, 9.17) is 4.74 Å². The van der Waals surface area contributed by atoms with Crippen molar-refractivity contribution in [2.45, 2.75) is 45.4 Å². The summed E-state index contributed by atoms with van der Waals surface area (Å²) in [5.74, 6) is 0. The second kappa shape index (κ2) is 3.68. The topological polar surface area (TPSA) is 41.9 Å². The van der Waals surface area contributed by atoms with Crippen LogP contribution in [0.1, 0.15) is 27.2 Å². The van der Waals surface area contributed by atoms with Crippen molar-refractivity contribution in [1.82, 2.24) is 4.90 Å². The van der Waals surface area contributed by atoms with Gasteiger partial charge in [-0.3, -0.25) is 9.89 Å². The van der Waals surface area contributed by atoms with Crippen LogP contribution in [-0.2, 0) is 4.74 Å². The Morgan fingerprint density at radius 1 is 1.60 bits per heavy atom. The van der Waals surface area contributed by atoms with Crippen molar-refractivity contribution in [3.8, 4) is 0 Å². The van der Waals surface area contributed by atoms with Gasteiger partial charge in [-0.05, 0) is 20.8 Å². The minimum Gasteiger partial charge on any atom is -0.438 e. The van der Waals surface area contributed by atoms with E-state index in [2.05, 4.69) is 4.99 Å². The number of cyclic esters (lactones) is 1. The first-order valence-corrected chi connectivity index (χ1v) is 5.31. The second-order valence-corrected chi connectivity index (χ2v) is 4.26. The third-order valence-electron chi connectivity index (χ3n) is 2.87. The van der Waals surface area contributed by atoms with Gasteiger partial charge in [0.15, 0.2) is 6.10 Å². The zero-order valence-corrected chi connectivity index (χ0v) is 9.30. The standard InChI is InChI=1S/C11H16N2O2/c1-7(2)13-8(3)10(15-11(13)14)9-5-4-6-12-9/h4,6-8,10H,5H2,1-3H3/t8-,10-/m0/s1. The summed E-state index contributed by atoms with van der Waals surface area (Å²) >= 11 is 0. The van der Waals surface area contributed by atoms with Gasteiger partial charge in [-0.1, -0.05) is 6.08 Å². The summed E-state index contributed by atoms with van der Waals surface area (Å²) < 4.78 is 5.35. The summed E-state index contributed by atoms with van der Waals surface area (Å²) in [4.78, 5) is 17.6. The molecule has 0 N–H and O–H groups in total. The van der Waals surface area contributed by atoms with Gasteiger partial charge in [-0.15, -0.1) is 0 Å². The quantitative estimate of drug-likeness (QED) is 0.696. The first kappa shape index (κ1) is 10.2. The Labute approximate surface area is 89.6 Å². The highest BCUT2D eigenvalue weighted by Gasteiger charge is 2.42. The predicted molar refractivity (Wildman–Crippen MR) is 57.9 cm³/mol. The summed E-state index contributed by atoms with van der Waals surface area (Å²) in [5, 5.41) is 0. The Kier molecular flexibility index (Phi) is 2.50. The maximum Gasteiger partial charge on any atom is 0.411 e. The van der Waals surface area contributed by atoms with Crippen molar-refractivity contribution < 1.29 is 9.53 Å². The average Bonchev–Trinajstić information content (AvgIpc) is 2.72. The largest absolute Gasteiger partial charge is 0.438 e. The van der Waals surface area contributed by atoms with Crippen LogP contribution in [0.15, 0.2) is 17.3 Å². The van der Waals surface area contributed by atoms with Crippen molar-refractivity contribution in [2.24, 2.45) is 4.99 Å². The number of aliphatic imine (C=N–C) groups is 1. The summed E-state index contributed by atoms with van der Waals surface area (Å²) in [6, 6.07) is 0.253. The number of amides is 1. The zero-order chi connectivity index (χ0) is 11.0. The van der Waals surface area contributed by atoms with E-state index in [1.54, 1.807) is 11.1 Å².